The molecule has 1 saturated heterocycles. The zero-order valence-electron chi connectivity index (χ0n) is 22.0. The summed E-state index contributed by atoms with van der Waals surface area (Å²) in [6.07, 6.45) is 1.77. The second kappa shape index (κ2) is 12.9. The van der Waals surface area contributed by atoms with Crippen LogP contribution < -0.4 is 9.64 Å². The van der Waals surface area contributed by atoms with E-state index in [0.717, 1.165) is 29.7 Å². The van der Waals surface area contributed by atoms with Crippen LogP contribution in [0.3, 0.4) is 0 Å². The average molecular weight is 515 g/mol. The third-order valence-corrected chi connectivity index (χ3v) is 6.74. The number of esters is 1. The zero-order valence-corrected chi connectivity index (χ0v) is 22.0. The first-order valence-corrected chi connectivity index (χ1v) is 13.0. The number of methoxy groups -OCH3 is 1. The fraction of sp³-hybridized carbons (Fsp3) is 0.323. The maximum absolute atomic E-state index is 13.6. The summed E-state index contributed by atoms with van der Waals surface area (Å²) in [4.78, 5) is 42.2. The number of nitrogens with zero attached hydrogens (tertiary/aromatic N) is 2. The number of benzene rings is 3. The maximum Gasteiger partial charge on any atom is 0.310 e. The van der Waals surface area contributed by atoms with Gasteiger partial charge in [0.2, 0.25) is 5.91 Å². The van der Waals surface area contributed by atoms with Crippen molar-refractivity contribution in [1.29, 1.82) is 0 Å². The fourth-order valence-corrected chi connectivity index (χ4v) is 4.69. The molecule has 7 heteroatoms. The van der Waals surface area contributed by atoms with Crippen molar-refractivity contribution in [2.75, 3.05) is 31.7 Å². The summed E-state index contributed by atoms with van der Waals surface area (Å²) >= 11 is 0. The van der Waals surface area contributed by atoms with Crippen LogP contribution in [-0.2, 0) is 27.3 Å². The molecule has 0 saturated carbocycles. The van der Waals surface area contributed by atoms with Gasteiger partial charge in [-0.25, -0.2) is 0 Å². The Hall–Kier alpha value is -4.13. The minimum atomic E-state index is -0.260. The Kier molecular flexibility index (Phi) is 9.14. The third kappa shape index (κ3) is 6.79. The molecule has 3 aromatic carbocycles. The molecule has 7 nitrogen and oxygen atoms in total. The fourth-order valence-electron chi connectivity index (χ4n) is 4.69. The van der Waals surface area contributed by atoms with Crippen LogP contribution in [0, 0.1) is 5.92 Å². The summed E-state index contributed by atoms with van der Waals surface area (Å²) in [5.74, 6) is -0.0275. The van der Waals surface area contributed by atoms with E-state index < -0.39 is 0 Å². The molecule has 1 aliphatic heterocycles. The van der Waals surface area contributed by atoms with Crippen LogP contribution in [-0.4, -0.2) is 49.5 Å². The second-order valence-electron chi connectivity index (χ2n) is 9.38. The van der Waals surface area contributed by atoms with Crippen LogP contribution >= 0.6 is 0 Å². The minimum Gasteiger partial charge on any atom is -0.497 e. The Bertz CT molecular complexity index is 1240. The largest absolute Gasteiger partial charge is 0.497 e. The van der Waals surface area contributed by atoms with Crippen LogP contribution in [0.1, 0.15) is 41.3 Å². The molecule has 3 aromatic rings. The number of piperidine rings is 1. The first-order valence-electron chi connectivity index (χ1n) is 13.0. The number of hydrogen-bond donors (Lipinski definition) is 0. The maximum atomic E-state index is 13.6. The highest BCUT2D eigenvalue weighted by molar-refractivity contribution is 6.06. The summed E-state index contributed by atoms with van der Waals surface area (Å²) in [6.45, 7) is 3.58. The highest BCUT2D eigenvalue weighted by atomic mass is 16.5. The first kappa shape index (κ1) is 26.9. The normalized spacial score (nSPS) is 15.0. The van der Waals surface area contributed by atoms with Gasteiger partial charge in [-0.05, 0) is 61.2 Å². The van der Waals surface area contributed by atoms with E-state index in [-0.39, 0.29) is 30.1 Å². The van der Waals surface area contributed by atoms with Crippen molar-refractivity contribution in [2.45, 2.75) is 32.7 Å². The van der Waals surface area contributed by atoms with Gasteiger partial charge in [-0.3, -0.25) is 14.4 Å². The van der Waals surface area contributed by atoms with Crippen molar-refractivity contribution < 1.29 is 23.9 Å². The molecule has 1 heterocycles. The number of amides is 2. The standard InChI is InChI=1S/C31H34N2O5/c1-3-38-31(36)26-12-8-18-32(22-26)29(34)19-23-14-16-27(17-15-23)33(21-24-9-5-4-6-10-24)30(35)25-11-7-13-28(20-25)37-2/h4-7,9-11,13-17,20,26H,3,8,12,18-19,21-22H2,1-2H3/t26-/m0/s1. The van der Waals surface area contributed by atoms with Gasteiger partial charge in [0.1, 0.15) is 5.75 Å². The van der Waals surface area contributed by atoms with Gasteiger partial charge in [0.05, 0.1) is 32.6 Å². The predicted molar refractivity (Wildman–Crippen MR) is 146 cm³/mol. The Labute approximate surface area is 224 Å². The van der Waals surface area contributed by atoms with Crippen molar-refractivity contribution in [3.05, 3.63) is 95.6 Å². The third-order valence-electron chi connectivity index (χ3n) is 6.74. The van der Waals surface area contributed by atoms with E-state index in [1.807, 2.05) is 54.6 Å². The molecule has 0 spiro atoms. The molecular formula is C31H34N2O5. The molecular weight excluding hydrogens is 480 g/mol. The number of carbonyl (C=O) groups excluding carboxylic acids is 3. The number of ether oxygens (including phenoxy) is 2. The molecule has 0 aromatic heterocycles. The average Bonchev–Trinajstić information content (AvgIpc) is 2.97. The molecule has 4 rings (SSSR count). The lowest BCUT2D eigenvalue weighted by Gasteiger charge is -2.31. The molecule has 198 valence electrons. The summed E-state index contributed by atoms with van der Waals surface area (Å²) in [5, 5.41) is 0. The monoisotopic (exact) mass is 514 g/mol. The summed E-state index contributed by atoms with van der Waals surface area (Å²) in [6, 6.07) is 24.5. The van der Waals surface area contributed by atoms with Crippen LogP contribution in [0.4, 0.5) is 5.69 Å². The van der Waals surface area contributed by atoms with E-state index in [0.29, 0.717) is 37.6 Å². The number of anilines is 1. The van der Waals surface area contributed by atoms with Crippen LogP contribution in [0.5, 0.6) is 5.75 Å². The molecule has 2 amide bonds. The van der Waals surface area contributed by atoms with Crippen molar-refractivity contribution in [2.24, 2.45) is 5.92 Å². The minimum absolute atomic E-state index is 0.0136. The molecule has 1 aliphatic rings. The highest BCUT2D eigenvalue weighted by Gasteiger charge is 2.29. The van der Waals surface area contributed by atoms with E-state index >= 15 is 0 Å². The first-order chi connectivity index (χ1) is 18.5. The lowest BCUT2D eigenvalue weighted by molar-refractivity contribution is -0.151. The number of rotatable bonds is 9. The van der Waals surface area contributed by atoms with Gasteiger partial charge in [-0.2, -0.15) is 0 Å². The van der Waals surface area contributed by atoms with E-state index in [1.54, 1.807) is 48.1 Å². The van der Waals surface area contributed by atoms with Crippen molar-refractivity contribution >= 4 is 23.5 Å². The molecule has 0 aliphatic carbocycles. The van der Waals surface area contributed by atoms with Crippen LogP contribution in [0.2, 0.25) is 0 Å². The summed E-state index contributed by atoms with van der Waals surface area (Å²) in [5.41, 5.74) is 3.12. The van der Waals surface area contributed by atoms with E-state index in [9.17, 15) is 14.4 Å². The molecule has 1 fully saturated rings. The van der Waals surface area contributed by atoms with E-state index in [2.05, 4.69) is 0 Å². The molecule has 0 unspecified atom stereocenters. The lowest BCUT2D eigenvalue weighted by Crippen LogP contribution is -2.43. The van der Waals surface area contributed by atoms with Gasteiger partial charge >= 0.3 is 5.97 Å². The smallest absolute Gasteiger partial charge is 0.310 e. The number of likely N-dealkylation sites (tertiary alicyclic amines) is 1. The predicted octanol–water partition coefficient (Wildman–Crippen LogP) is 4.89. The molecule has 1 atom stereocenters. The van der Waals surface area contributed by atoms with Crippen molar-refractivity contribution in [3.63, 3.8) is 0 Å². The summed E-state index contributed by atoms with van der Waals surface area (Å²) in [7, 11) is 1.58. The number of carbonyl (C=O) groups is 3. The van der Waals surface area contributed by atoms with Crippen LogP contribution in [0.15, 0.2) is 78.9 Å². The summed E-state index contributed by atoms with van der Waals surface area (Å²) < 4.78 is 10.5. The van der Waals surface area contributed by atoms with Crippen molar-refractivity contribution in [3.8, 4) is 5.75 Å². The van der Waals surface area contributed by atoms with E-state index in [1.165, 1.54) is 0 Å². The number of hydrogen-bond acceptors (Lipinski definition) is 5. The quantitative estimate of drug-likeness (QED) is 0.380. The van der Waals surface area contributed by atoms with Gasteiger partial charge in [0.25, 0.3) is 5.91 Å². The SMILES string of the molecule is CCOC(=O)[C@H]1CCCN(C(=O)Cc2ccc(N(Cc3ccccc3)C(=O)c3cccc(OC)c3)cc2)C1. The van der Waals surface area contributed by atoms with Crippen molar-refractivity contribution in [1.82, 2.24) is 4.90 Å². The van der Waals surface area contributed by atoms with Gasteiger partial charge in [-0.15, -0.1) is 0 Å². The van der Waals surface area contributed by atoms with Gasteiger partial charge < -0.3 is 19.3 Å². The Morgan fingerprint density at radius 1 is 0.947 bits per heavy atom. The molecule has 0 N–H and O–H groups in total. The molecule has 0 bridgehead atoms. The topological polar surface area (TPSA) is 76.2 Å². The zero-order chi connectivity index (χ0) is 26.9. The van der Waals surface area contributed by atoms with E-state index in [4.69, 9.17) is 9.47 Å². The van der Waals surface area contributed by atoms with Gasteiger partial charge in [0, 0.05) is 24.3 Å². The Balaban J connectivity index is 1.49. The van der Waals surface area contributed by atoms with Gasteiger partial charge in [0.15, 0.2) is 0 Å². The molecule has 38 heavy (non-hydrogen) atoms. The van der Waals surface area contributed by atoms with Gasteiger partial charge in [-0.1, -0.05) is 48.5 Å². The Morgan fingerprint density at radius 2 is 1.71 bits per heavy atom. The highest BCUT2D eigenvalue weighted by Crippen LogP contribution is 2.24. The van der Waals surface area contributed by atoms with Crippen LogP contribution in [0.25, 0.3) is 0 Å². The lowest BCUT2D eigenvalue weighted by atomic mass is 9.97. The second-order valence-corrected chi connectivity index (χ2v) is 9.38. The Morgan fingerprint density at radius 3 is 2.42 bits per heavy atom. The molecule has 0 radical (unpaired) electrons.